The summed E-state index contributed by atoms with van der Waals surface area (Å²) in [6, 6.07) is 10.1. The predicted octanol–water partition coefficient (Wildman–Crippen LogP) is 1.10. The third-order valence-corrected chi connectivity index (χ3v) is 8.43. The van der Waals surface area contributed by atoms with Gasteiger partial charge in [-0.3, -0.25) is 14.4 Å². The summed E-state index contributed by atoms with van der Waals surface area (Å²) in [6.07, 6.45) is 4.14. The summed E-state index contributed by atoms with van der Waals surface area (Å²) in [4.78, 5) is 40.9. The Morgan fingerprint density at radius 2 is 1.88 bits per heavy atom. The summed E-state index contributed by atoms with van der Waals surface area (Å²) in [7, 11) is -4.22. The number of aliphatic carboxylic acids is 1. The number of piperidine rings is 1. The normalized spacial score (nSPS) is 18.2. The molecule has 1 saturated carbocycles. The minimum atomic E-state index is -4.22. The van der Waals surface area contributed by atoms with E-state index in [1.807, 2.05) is 17.0 Å². The van der Waals surface area contributed by atoms with E-state index in [0.29, 0.717) is 31.3 Å². The van der Waals surface area contributed by atoms with Crippen LogP contribution in [0.2, 0.25) is 0 Å². The van der Waals surface area contributed by atoms with Gasteiger partial charge in [-0.05, 0) is 54.5 Å². The Kier molecular flexibility index (Phi) is 10.7. The number of nitrogens with one attached hydrogen (secondary N) is 2. The second-order valence-electron chi connectivity index (χ2n) is 10.0. The van der Waals surface area contributed by atoms with Gasteiger partial charge in [0, 0.05) is 25.7 Å². The molecular formula is C26H35ClN6O6S. The van der Waals surface area contributed by atoms with Crippen LogP contribution < -0.4 is 15.9 Å². The minimum Gasteiger partial charge on any atom is -0.480 e. The molecular weight excluding hydrogens is 560 g/mol. The molecule has 2 fully saturated rings. The second-order valence-corrected chi connectivity index (χ2v) is 11.8. The maximum Gasteiger partial charge on any atom is 0.323 e. The number of rotatable bonds is 12. The molecule has 2 amide bonds. The maximum absolute atomic E-state index is 13.5. The van der Waals surface area contributed by atoms with Crippen molar-refractivity contribution in [1.29, 1.82) is 0 Å². The summed E-state index contributed by atoms with van der Waals surface area (Å²) in [6.45, 7) is 1.25. The molecule has 1 aliphatic heterocycles. The Bertz CT molecular complexity index is 1350. The first-order valence-electron chi connectivity index (χ1n) is 12.9. The maximum atomic E-state index is 13.5. The Hall–Kier alpha value is -3.42. The van der Waals surface area contributed by atoms with Crippen molar-refractivity contribution in [3.63, 3.8) is 0 Å². The molecule has 4 rings (SSSR count). The average molecular weight is 595 g/mol. The van der Waals surface area contributed by atoms with Gasteiger partial charge in [0.1, 0.15) is 18.9 Å². The van der Waals surface area contributed by atoms with Crippen LogP contribution in [-0.2, 0) is 24.4 Å². The van der Waals surface area contributed by atoms with Crippen molar-refractivity contribution in [2.75, 3.05) is 26.2 Å². The first kappa shape index (κ1) is 31.1. The van der Waals surface area contributed by atoms with Gasteiger partial charge >= 0.3 is 5.97 Å². The smallest absolute Gasteiger partial charge is 0.323 e. The fourth-order valence-corrected chi connectivity index (χ4v) is 6.09. The van der Waals surface area contributed by atoms with Gasteiger partial charge < -0.3 is 26.1 Å². The summed E-state index contributed by atoms with van der Waals surface area (Å²) < 4.78 is 29.1. The number of carboxylic acid groups (broad SMARTS) is 1. The first-order valence-corrected chi connectivity index (χ1v) is 14.4. The number of fused-ring (bicyclic) bond motifs is 1. The lowest BCUT2D eigenvalue weighted by Gasteiger charge is -2.31. The monoisotopic (exact) mass is 594 g/mol. The number of likely N-dealkylation sites (tertiary alicyclic amines) is 1. The van der Waals surface area contributed by atoms with Crippen molar-refractivity contribution < 1.29 is 27.9 Å². The Labute approximate surface area is 239 Å². The molecule has 40 heavy (non-hydrogen) atoms. The number of halogens is 1. The highest BCUT2D eigenvalue weighted by atomic mass is 35.5. The number of benzene rings is 2. The molecule has 12 nitrogen and oxygen atoms in total. The number of nitrogens with zero attached hydrogens (tertiary/aromatic N) is 3. The number of nitrogens with two attached hydrogens (primary N) is 1. The van der Waals surface area contributed by atoms with E-state index < -0.39 is 46.8 Å². The van der Waals surface area contributed by atoms with Gasteiger partial charge in [0.25, 0.3) is 0 Å². The molecule has 14 heteroatoms. The highest BCUT2D eigenvalue weighted by Gasteiger charge is 2.39. The summed E-state index contributed by atoms with van der Waals surface area (Å²) in [5, 5.41) is 17.2. The van der Waals surface area contributed by atoms with Gasteiger partial charge in [-0.25, -0.2) is 8.42 Å². The Morgan fingerprint density at radius 1 is 1.15 bits per heavy atom. The van der Waals surface area contributed by atoms with Crippen LogP contribution >= 0.6 is 12.4 Å². The molecule has 2 aliphatic rings. The summed E-state index contributed by atoms with van der Waals surface area (Å²) in [5.41, 5.74) is 0. The fraction of sp³-hybridized carbons (Fsp3) is 0.462. The van der Waals surface area contributed by atoms with Crippen LogP contribution in [0.25, 0.3) is 10.8 Å². The van der Waals surface area contributed by atoms with Gasteiger partial charge in [0.05, 0.1) is 11.3 Å². The van der Waals surface area contributed by atoms with E-state index in [4.69, 9.17) is 5.84 Å². The molecule has 0 bridgehead atoms. The molecule has 0 unspecified atom stereocenters. The quantitative estimate of drug-likeness (QED) is 0.122. The van der Waals surface area contributed by atoms with E-state index in [1.54, 1.807) is 24.5 Å². The molecule has 1 aliphatic carbocycles. The number of amides is 2. The van der Waals surface area contributed by atoms with E-state index in [9.17, 15) is 27.9 Å². The highest BCUT2D eigenvalue weighted by molar-refractivity contribution is 7.89. The van der Waals surface area contributed by atoms with E-state index in [-0.39, 0.29) is 29.3 Å². The summed E-state index contributed by atoms with van der Waals surface area (Å²) >= 11 is 0. The topological polar surface area (TPSA) is 174 Å². The number of hydrazone groups is 1. The molecule has 0 aromatic heterocycles. The number of hydrogen-bond donors (Lipinski definition) is 4. The number of carbonyl (C=O) groups excluding carboxylic acids is 2. The van der Waals surface area contributed by atoms with Crippen LogP contribution in [0.1, 0.15) is 32.1 Å². The molecule has 2 atom stereocenters. The number of hydrogen-bond acceptors (Lipinski definition) is 7. The molecule has 1 heterocycles. The third-order valence-electron chi connectivity index (χ3n) is 6.96. The van der Waals surface area contributed by atoms with Crippen molar-refractivity contribution in [3.8, 4) is 0 Å². The molecule has 218 valence electrons. The third kappa shape index (κ3) is 8.29. The average Bonchev–Trinajstić information content (AvgIpc) is 3.75. The highest BCUT2D eigenvalue weighted by Crippen LogP contribution is 2.28. The largest absolute Gasteiger partial charge is 0.480 e. The van der Waals surface area contributed by atoms with Crippen molar-refractivity contribution in [2.24, 2.45) is 16.9 Å². The van der Waals surface area contributed by atoms with E-state index in [0.717, 1.165) is 29.7 Å². The Morgan fingerprint density at radius 3 is 2.55 bits per heavy atom. The first-order chi connectivity index (χ1) is 18.7. The van der Waals surface area contributed by atoms with Crippen LogP contribution in [0.15, 0.2) is 52.5 Å². The SMILES string of the molecule is Cl.NN=CN1CCC[C@@H](CNC(=O)C[C@@H](NS(=O)(=O)c2ccc3ccccc3c2)C(=O)N(CC(=O)O)C2CC2)C1. The van der Waals surface area contributed by atoms with Crippen molar-refractivity contribution >= 4 is 57.3 Å². The molecule has 0 radical (unpaired) electrons. The van der Waals surface area contributed by atoms with Gasteiger partial charge in [-0.1, -0.05) is 30.3 Å². The van der Waals surface area contributed by atoms with Crippen molar-refractivity contribution in [2.45, 2.75) is 49.1 Å². The molecule has 1 saturated heterocycles. The van der Waals surface area contributed by atoms with E-state index in [1.165, 1.54) is 12.1 Å². The minimum absolute atomic E-state index is 0. The number of sulfonamides is 1. The predicted molar refractivity (Wildman–Crippen MR) is 152 cm³/mol. The summed E-state index contributed by atoms with van der Waals surface area (Å²) in [5.74, 6) is 2.92. The number of carboxylic acids is 1. The number of carbonyl (C=O) groups is 3. The zero-order valence-corrected chi connectivity index (χ0v) is 23.6. The molecule has 0 spiro atoms. The lowest BCUT2D eigenvalue weighted by Crippen LogP contribution is -2.52. The van der Waals surface area contributed by atoms with Crippen molar-refractivity contribution in [3.05, 3.63) is 42.5 Å². The van der Waals surface area contributed by atoms with Crippen LogP contribution in [0.4, 0.5) is 0 Å². The lowest BCUT2D eigenvalue weighted by molar-refractivity contribution is -0.146. The van der Waals surface area contributed by atoms with Crippen LogP contribution in [0.3, 0.4) is 0 Å². The van der Waals surface area contributed by atoms with Gasteiger partial charge in [0.15, 0.2) is 0 Å². The van der Waals surface area contributed by atoms with E-state index in [2.05, 4.69) is 15.1 Å². The van der Waals surface area contributed by atoms with Crippen LogP contribution in [0, 0.1) is 5.92 Å². The lowest BCUT2D eigenvalue weighted by atomic mass is 9.98. The molecule has 2 aromatic carbocycles. The zero-order valence-electron chi connectivity index (χ0n) is 21.9. The molecule has 5 N–H and O–H groups in total. The van der Waals surface area contributed by atoms with Gasteiger partial charge in [-0.15, -0.1) is 12.4 Å². The standard InChI is InChI=1S/C26H34N6O6S.ClH/c27-29-17-31-11-3-4-18(15-31)14-28-24(33)13-23(26(36)32(16-25(34)35)21-8-9-21)30-39(37,38)22-10-7-19-5-1-2-6-20(19)12-22;/h1-2,5-7,10,12,17-18,21,23,30H,3-4,8-9,11,13-16,27H2,(H,28,33)(H,34,35);1H/t18-,23+;/m0./s1. The second kappa shape index (κ2) is 13.8. The van der Waals surface area contributed by atoms with E-state index >= 15 is 0 Å². The van der Waals surface area contributed by atoms with Crippen LogP contribution in [0.5, 0.6) is 0 Å². The fourth-order valence-electron chi connectivity index (χ4n) is 4.87. The Balaban J connectivity index is 0.00000441. The molecule has 2 aromatic rings. The van der Waals surface area contributed by atoms with Crippen LogP contribution in [-0.4, -0.2) is 85.7 Å². The van der Waals surface area contributed by atoms with Gasteiger partial charge in [-0.2, -0.15) is 9.82 Å². The van der Waals surface area contributed by atoms with Crippen molar-refractivity contribution in [1.82, 2.24) is 19.8 Å². The van der Waals surface area contributed by atoms with Gasteiger partial charge in [0.2, 0.25) is 21.8 Å². The zero-order chi connectivity index (χ0) is 28.0.